The van der Waals surface area contributed by atoms with Crippen LogP contribution in [0.15, 0.2) is 24.3 Å². The first-order valence-corrected chi connectivity index (χ1v) is 5.39. The number of hydrogen-bond donors (Lipinski definition) is 2. The molecule has 18 heavy (non-hydrogen) atoms. The highest BCUT2D eigenvalue weighted by molar-refractivity contribution is 5.27. The highest BCUT2D eigenvalue weighted by Gasteiger charge is 2.30. The lowest BCUT2D eigenvalue weighted by molar-refractivity contribution is -0.137. The third-order valence-corrected chi connectivity index (χ3v) is 2.47. The fourth-order valence-electron chi connectivity index (χ4n) is 1.39. The quantitative estimate of drug-likeness (QED) is 0.811. The Morgan fingerprint density at radius 3 is 2.67 bits per heavy atom. The molecule has 0 bridgehead atoms. The van der Waals surface area contributed by atoms with Crippen LogP contribution in [0, 0.1) is 12.3 Å². The van der Waals surface area contributed by atoms with Gasteiger partial charge in [0.25, 0.3) is 0 Å². The zero-order chi connectivity index (χ0) is 13.8. The Bertz CT molecular complexity index is 437. The number of rotatable bonds is 4. The molecular formula is C13H14F3NO. The number of nitrogens with one attached hydrogen (secondary N) is 1. The van der Waals surface area contributed by atoms with Gasteiger partial charge in [0.1, 0.15) is 0 Å². The number of alkyl halides is 3. The van der Waals surface area contributed by atoms with E-state index in [2.05, 4.69) is 11.2 Å². The molecule has 0 aliphatic rings. The number of benzene rings is 1. The van der Waals surface area contributed by atoms with E-state index in [0.717, 1.165) is 12.1 Å². The van der Waals surface area contributed by atoms with E-state index in [1.165, 1.54) is 12.1 Å². The van der Waals surface area contributed by atoms with Crippen molar-refractivity contribution in [2.45, 2.75) is 25.2 Å². The van der Waals surface area contributed by atoms with Crippen LogP contribution in [0.4, 0.5) is 13.2 Å². The van der Waals surface area contributed by atoms with Gasteiger partial charge in [-0.3, -0.25) is 0 Å². The Kier molecular flexibility index (Phi) is 4.76. The molecule has 0 saturated carbocycles. The van der Waals surface area contributed by atoms with Gasteiger partial charge in [-0.25, -0.2) is 0 Å². The maximum absolute atomic E-state index is 12.5. The minimum atomic E-state index is -4.41. The standard InChI is InChI=1S/C13H14F3NO/c1-3-9(2)17-8-12(18)10-5-4-6-11(7-10)13(14,15)16/h1,4-7,9,12,17-18H,8H2,2H3. The van der Waals surface area contributed by atoms with Gasteiger partial charge < -0.3 is 10.4 Å². The maximum Gasteiger partial charge on any atom is 0.416 e. The van der Waals surface area contributed by atoms with Crippen molar-refractivity contribution < 1.29 is 18.3 Å². The van der Waals surface area contributed by atoms with Crippen molar-refractivity contribution >= 4 is 0 Å². The summed E-state index contributed by atoms with van der Waals surface area (Å²) < 4.78 is 37.4. The van der Waals surface area contributed by atoms with Crippen molar-refractivity contribution in [3.05, 3.63) is 35.4 Å². The molecule has 0 fully saturated rings. The molecule has 0 spiro atoms. The van der Waals surface area contributed by atoms with Crippen LogP contribution in [0.3, 0.4) is 0 Å². The molecule has 1 rings (SSSR count). The van der Waals surface area contributed by atoms with Crippen LogP contribution in [0.25, 0.3) is 0 Å². The Balaban J connectivity index is 2.75. The normalized spacial score (nSPS) is 14.9. The highest BCUT2D eigenvalue weighted by Crippen LogP contribution is 2.30. The summed E-state index contributed by atoms with van der Waals surface area (Å²) >= 11 is 0. The summed E-state index contributed by atoms with van der Waals surface area (Å²) in [5.41, 5.74) is -0.564. The fourth-order valence-corrected chi connectivity index (χ4v) is 1.39. The monoisotopic (exact) mass is 257 g/mol. The molecule has 2 nitrogen and oxygen atoms in total. The lowest BCUT2D eigenvalue weighted by atomic mass is 10.1. The van der Waals surface area contributed by atoms with Crippen molar-refractivity contribution in [1.82, 2.24) is 5.32 Å². The molecule has 2 N–H and O–H groups in total. The van der Waals surface area contributed by atoms with E-state index in [9.17, 15) is 18.3 Å². The first-order chi connectivity index (χ1) is 8.34. The van der Waals surface area contributed by atoms with E-state index in [-0.39, 0.29) is 18.2 Å². The molecule has 0 saturated heterocycles. The van der Waals surface area contributed by atoms with E-state index in [0.29, 0.717) is 0 Å². The average Bonchev–Trinajstić information content (AvgIpc) is 2.34. The molecule has 5 heteroatoms. The number of aliphatic hydroxyl groups excluding tert-OH is 1. The van der Waals surface area contributed by atoms with E-state index >= 15 is 0 Å². The van der Waals surface area contributed by atoms with E-state index < -0.39 is 17.8 Å². The molecule has 2 atom stereocenters. The summed E-state index contributed by atoms with van der Waals surface area (Å²) in [6.07, 6.45) is -0.297. The predicted octanol–water partition coefficient (Wildman–Crippen LogP) is 2.35. The van der Waals surface area contributed by atoms with Crippen molar-refractivity contribution in [3.63, 3.8) is 0 Å². The summed E-state index contributed by atoms with van der Waals surface area (Å²) in [4.78, 5) is 0. The van der Waals surface area contributed by atoms with E-state index in [4.69, 9.17) is 6.42 Å². The maximum atomic E-state index is 12.5. The third-order valence-electron chi connectivity index (χ3n) is 2.47. The summed E-state index contributed by atoms with van der Waals surface area (Å²) in [5, 5.41) is 12.6. The van der Waals surface area contributed by atoms with Crippen LogP contribution in [-0.2, 0) is 6.18 Å². The van der Waals surface area contributed by atoms with Crippen LogP contribution in [0.1, 0.15) is 24.2 Å². The van der Waals surface area contributed by atoms with Crippen LogP contribution in [-0.4, -0.2) is 17.7 Å². The molecule has 98 valence electrons. The highest BCUT2D eigenvalue weighted by atomic mass is 19.4. The van der Waals surface area contributed by atoms with Crippen LogP contribution >= 0.6 is 0 Å². The summed E-state index contributed by atoms with van der Waals surface area (Å²) in [6, 6.07) is 4.37. The molecular weight excluding hydrogens is 243 g/mol. The van der Waals surface area contributed by atoms with Crippen LogP contribution in [0.2, 0.25) is 0 Å². The summed E-state index contributed by atoms with van der Waals surface area (Å²) in [6.45, 7) is 1.82. The number of halogens is 3. The minimum absolute atomic E-state index is 0.104. The van der Waals surface area contributed by atoms with Gasteiger partial charge in [-0.15, -0.1) is 6.42 Å². The van der Waals surface area contributed by atoms with Crippen molar-refractivity contribution in [2.75, 3.05) is 6.54 Å². The molecule has 0 amide bonds. The topological polar surface area (TPSA) is 32.3 Å². The first kappa shape index (κ1) is 14.6. The zero-order valence-electron chi connectivity index (χ0n) is 9.83. The van der Waals surface area contributed by atoms with Crippen LogP contribution < -0.4 is 5.32 Å². The van der Waals surface area contributed by atoms with Crippen molar-refractivity contribution in [1.29, 1.82) is 0 Å². The Hall–Kier alpha value is -1.51. The second-order valence-corrected chi connectivity index (χ2v) is 3.94. The Morgan fingerprint density at radius 2 is 2.11 bits per heavy atom. The number of terminal acetylenes is 1. The van der Waals surface area contributed by atoms with Gasteiger partial charge in [-0.05, 0) is 24.6 Å². The molecule has 2 unspecified atom stereocenters. The summed E-state index contributed by atoms with van der Waals surface area (Å²) in [5.74, 6) is 2.41. The smallest absolute Gasteiger partial charge is 0.387 e. The zero-order valence-corrected chi connectivity index (χ0v) is 9.83. The lowest BCUT2D eigenvalue weighted by Crippen LogP contribution is -2.29. The largest absolute Gasteiger partial charge is 0.416 e. The van der Waals surface area contributed by atoms with Gasteiger partial charge in [0, 0.05) is 6.54 Å². The Morgan fingerprint density at radius 1 is 1.44 bits per heavy atom. The van der Waals surface area contributed by atoms with Gasteiger partial charge >= 0.3 is 6.18 Å². The first-order valence-electron chi connectivity index (χ1n) is 5.39. The fraction of sp³-hybridized carbons (Fsp3) is 0.385. The molecule has 1 aromatic rings. The molecule has 0 aromatic heterocycles. The molecule has 0 aliphatic carbocycles. The average molecular weight is 257 g/mol. The predicted molar refractivity (Wildman–Crippen MR) is 62.7 cm³/mol. The van der Waals surface area contributed by atoms with Gasteiger partial charge in [-0.1, -0.05) is 18.1 Å². The molecule has 0 heterocycles. The van der Waals surface area contributed by atoms with Gasteiger partial charge in [0.15, 0.2) is 0 Å². The van der Waals surface area contributed by atoms with Gasteiger partial charge in [-0.2, -0.15) is 13.2 Å². The number of aliphatic hydroxyl groups is 1. The van der Waals surface area contributed by atoms with Crippen LogP contribution in [0.5, 0.6) is 0 Å². The molecule has 0 radical (unpaired) electrons. The van der Waals surface area contributed by atoms with Crippen molar-refractivity contribution in [3.8, 4) is 12.3 Å². The van der Waals surface area contributed by atoms with Gasteiger partial charge in [0.2, 0.25) is 0 Å². The van der Waals surface area contributed by atoms with Gasteiger partial charge in [0.05, 0.1) is 17.7 Å². The Labute approximate surface area is 104 Å². The van der Waals surface area contributed by atoms with Crippen molar-refractivity contribution in [2.24, 2.45) is 0 Å². The molecule has 1 aromatic carbocycles. The minimum Gasteiger partial charge on any atom is -0.387 e. The lowest BCUT2D eigenvalue weighted by Gasteiger charge is -2.15. The third kappa shape index (κ3) is 4.06. The number of hydrogen-bond acceptors (Lipinski definition) is 2. The summed E-state index contributed by atoms with van der Waals surface area (Å²) in [7, 11) is 0. The second-order valence-electron chi connectivity index (χ2n) is 3.94. The van der Waals surface area contributed by atoms with E-state index in [1.54, 1.807) is 6.92 Å². The SMILES string of the molecule is C#CC(C)NCC(O)c1cccc(C(F)(F)F)c1. The second kappa shape index (κ2) is 5.89. The van der Waals surface area contributed by atoms with E-state index in [1.807, 2.05) is 0 Å². The molecule has 0 aliphatic heterocycles.